The van der Waals surface area contributed by atoms with Crippen LogP contribution < -0.4 is 10.2 Å². The molecule has 3 heterocycles. The van der Waals surface area contributed by atoms with Crippen molar-refractivity contribution in [1.29, 1.82) is 5.41 Å². The number of nitrogens with one attached hydrogen (secondary N) is 1. The predicted molar refractivity (Wildman–Crippen MR) is 109 cm³/mol. The van der Waals surface area contributed by atoms with E-state index in [2.05, 4.69) is 4.98 Å². The highest BCUT2D eigenvalue weighted by Crippen LogP contribution is 2.40. The number of rotatable bonds is 5. The molecule has 5 rings (SSSR count). The first kappa shape index (κ1) is 21.7. The van der Waals surface area contributed by atoms with Gasteiger partial charge in [-0.25, -0.2) is 18.4 Å². The monoisotopic (exact) mass is 469 g/mol. The summed E-state index contributed by atoms with van der Waals surface area (Å²) < 4.78 is 50.6. The van der Waals surface area contributed by atoms with Crippen molar-refractivity contribution in [3.8, 4) is 6.01 Å². The Labute approximate surface area is 191 Å². The standard InChI is InChI=1S/C23H17F2N3O6/c24-14-5-1-12(2-6-14)21(29)31-11-16-18(33-22(30)13-3-7-15(25)8-4-13)19-20(32-16)28-10-9-17(26)27-23(28)34-19/h1-10,16,18-20,26H,11H2/t16-,18-,19-,20-/m1/s1. The van der Waals surface area contributed by atoms with Crippen LogP contribution in [0, 0.1) is 17.0 Å². The number of esters is 2. The zero-order valence-electron chi connectivity index (χ0n) is 17.4. The SMILES string of the molecule is N=c1ccn2c(n1)O[C@@H]1[C@H](OC(=O)c3ccc(F)cc3)[C@@H](COC(=O)c3ccc(F)cc3)O[C@H]12. The first-order chi connectivity index (χ1) is 16.4. The lowest BCUT2D eigenvalue weighted by molar-refractivity contribution is -0.0574. The zero-order valence-corrected chi connectivity index (χ0v) is 17.4. The van der Waals surface area contributed by atoms with E-state index in [1.54, 1.807) is 10.8 Å². The molecule has 0 bridgehead atoms. The number of benzene rings is 2. The maximum atomic E-state index is 13.2. The van der Waals surface area contributed by atoms with Crippen molar-refractivity contribution in [1.82, 2.24) is 9.55 Å². The number of aromatic nitrogens is 2. The van der Waals surface area contributed by atoms with Crippen LogP contribution >= 0.6 is 0 Å². The van der Waals surface area contributed by atoms with Gasteiger partial charge in [-0.3, -0.25) is 9.98 Å². The number of halogens is 2. The second-order valence-corrected chi connectivity index (χ2v) is 7.63. The molecule has 0 aliphatic carbocycles. The van der Waals surface area contributed by atoms with Crippen LogP contribution in [0.15, 0.2) is 60.8 Å². The fourth-order valence-corrected chi connectivity index (χ4v) is 3.75. The average Bonchev–Trinajstić information content (AvgIpc) is 3.33. The summed E-state index contributed by atoms with van der Waals surface area (Å²) in [5.41, 5.74) is 0.236. The third-order valence-electron chi connectivity index (χ3n) is 5.41. The van der Waals surface area contributed by atoms with Gasteiger partial charge in [0.25, 0.3) is 0 Å². The van der Waals surface area contributed by atoms with Crippen molar-refractivity contribution in [2.24, 2.45) is 0 Å². The van der Waals surface area contributed by atoms with Gasteiger partial charge in [-0.05, 0) is 54.6 Å². The van der Waals surface area contributed by atoms with Gasteiger partial charge in [-0.15, -0.1) is 0 Å². The summed E-state index contributed by atoms with van der Waals surface area (Å²) >= 11 is 0. The summed E-state index contributed by atoms with van der Waals surface area (Å²) in [7, 11) is 0. The molecule has 0 saturated carbocycles. The maximum absolute atomic E-state index is 13.2. The van der Waals surface area contributed by atoms with E-state index in [4.69, 9.17) is 24.4 Å². The normalized spacial score (nSPS) is 22.4. The van der Waals surface area contributed by atoms with Crippen LogP contribution in [0.2, 0.25) is 0 Å². The highest BCUT2D eigenvalue weighted by molar-refractivity contribution is 5.90. The fraction of sp³-hybridized carbons (Fsp3) is 0.217. The highest BCUT2D eigenvalue weighted by Gasteiger charge is 2.54. The van der Waals surface area contributed by atoms with Crippen molar-refractivity contribution in [2.45, 2.75) is 24.5 Å². The molecule has 1 saturated heterocycles. The molecule has 1 N–H and O–H groups in total. The van der Waals surface area contributed by atoms with Crippen LogP contribution in [0.5, 0.6) is 6.01 Å². The quantitative estimate of drug-likeness (QED) is 0.571. The van der Waals surface area contributed by atoms with Crippen LogP contribution in [0.4, 0.5) is 8.78 Å². The molecular formula is C23H17F2N3O6. The van der Waals surface area contributed by atoms with E-state index < -0.39 is 48.1 Å². The minimum atomic E-state index is -1.01. The molecule has 1 aromatic heterocycles. The highest BCUT2D eigenvalue weighted by atomic mass is 19.1. The number of carbonyl (C=O) groups excluding carboxylic acids is 2. The van der Waals surface area contributed by atoms with E-state index >= 15 is 0 Å². The van der Waals surface area contributed by atoms with Crippen LogP contribution in [0.25, 0.3) is 0 Å². The summed E-state index contributed by atoms with van der Waals surface area (Å²) in [6.07, 6.45) is -1.93. The molecule has 9 nitrogen and oxygen atoms in total. The molecule has 0 unspecified atom stereocenters. The molecular weight excluding hydrogens is 452 g/mol. The van der Waals surface area contributed by atoms with Gasteiger partial charge in [0, 0.05) is 6.20 Å². The van der Waals surface area contributed by atoms with Crippen molar-refractivity contribution >= 4 is 11.9 Å². The van der Waals surface area contributed by atoms with Crippen molar-refractivity contribution < 1.29 is 37.3 Å². The van der Waals surface area contributed by atoms with E-state index in [0.29, 0.717) is 0 Å². The molecule has 2 aromatic carbocycles. The molecule has 4 atom stereocenters. The summed E-state index contributed by atoms with van der Waals surface area (Å²) in [6.45, 7) is -0.284. The third kappa shape index (κ3) is 4.13. The summed E-state index contributed by atoms with van der Waals surface area (Å²) in [6, 6.07) is 11.2. The Bertz CT molecular complexity index is 1300. The lowest BCUT2D eigenvalue weighted by Crippen LogP contribution is -2.40. The average molecular weight is 469 g/mol. The third-order valence-corrected chi connectivity index (χ3v) is 5.41. The molecule has 2 aliphatic rings. The maximum Gasteiger partial charge on any atom is 0.338 e. The van der Waals surface area contributed by atoms with E-state index in [9.17, 15) is 18.4 Å². The Morgan fingerprint density at radius 2 is 1.59 bits per heavy atom. The Balaban J connectivity index is 1.36. The van der Waals surface area contributed by atoms with E-state index in [1.165, 1.54) is 30.3 Å². The van der Waals surface area contributed by atoms with Gasteiger partial charge in [-0.1, -0.05) is 0 Å². The number of ether oxygens (including phenoxy) is 4. The molecule has 34 heavy (non-hydrogen) atoms. The summed E-state index contributed by atoms with van der Waals surface area (Å²) in [5, 5.41) is 7.67. The van der Waals surface area contributed by atoms with Crippen molar-refractivity contribution in [3.05, 3.63) is 89.0 Å². The largest absolute Gasteiger partial charge is 0.459 e. The number of hydrogen-bond acceptors (Lipinski definition) is 8. The molecule has 3 aromatic rings. The van der Waals surface area contributed by atoms with Gasteiger partial charge in [0.1, 0.15) is 24.3 Å². The fourth-order valence-electron chi connectivity index (χ4n) is 3.75. The minimum absolute atomic E-state index is 0.0177. The van der Waals surface area contributed by atoms with Gasteiger partial charge in [0.05, 0.1) is 11.1 Å². The van der Waals surface area contributed by atoms with Gasteiger partial charge in [-0.2, -0.15) is 4.98 Å². The number of fused-ring (bicyclic) bond motifs is 3. The molecule has 1 fully saturated rings. The predicted octanol–water partition coefficient (Wildman–Crippen LogP) is 2.38. The molecule has 174 valence electrons. The molecule has 0 radical (unpaired) electrons. The first-order valence-electron chi connectivity index (χ1n) is 10.2. The Kier molecular flexibility index (Phi) is 5.54. The van der Waals surface area contributed by atoms with Gasteiger partial charge < -0.3 is 18.9 Å². The zero-order chi connectivity index (χ0) is 23.8. The Morgan fingerprint density at radius 1 is 0.971 bits per heavy atom. The summed E-state index contributed by atoms with van der Waals surface area (Å²) in [4.78, 5) is 29.1. The number of nitrogens with zero attached hydrogens (tertiary/aromatic N) is 2. The first-order valence-corrected chi connectivity index (χ1v) is 10.2. The molecule has 11 heteroatoms. The van der Waals surface area contributed by atoms with Crippen LogP contribution in [0.3, 0.4) is 0 Å². The second-order valence-electron chi connectivity index (χ2n) is 7.63. The Morgan fingerprint density at radius 3 is 2.24 bits per heavy atom. The lowest BCUT2D eigenvalue weighted by Gasteiger charge is -2.22. The lowest BCUT2D eigenvalue weighted by atomic mass is 10.1. The number of hydrogen-bond donors (Lipinski definition) is 1. The number of carbonyl (C=O) groups is 2. The molecule has 2 aliphatic heterocycles. The minimum Gasteiger partial charge on any atom is -0.459 e. The van der Waals surface area contributed by atoms with Gasteiger partial charge in [0.2, 0.25) is 0 Å². The van der Waals surface area contributed by atoms with E-state index in [-0.39, 0.29) is 29.2 Å². The van der Waals surface area contributed by atoms with Gasteiger partial charge >= 0.3 is 17.9 Å². The van der Waals surface area contributed by atoms with Crippen molar-refractivity contribution in [3.63, 3.8) is 0 Å². The summed E-state index contributed by atoms with van der Waals surface area (Å²) in [5.74, 6) is -2.45. The van der Waals surface area contributed by atoms with Crippen LogP contribution in [0.1, 0.15) is 26.9 Å². The topological polar surface area (TPSA) is 113 Å². The van der Waals surface area contributed by atoms with Crippen LogP contribution in [-0.2, 0) is 14.2 Å². The smallest absolute Gasteiger partial charge is 0.338 e. The van der Waals surface area contributed by atoms with Crippen molar-refractivity contribution in [2.75, 3.05) is 6.61 Å². The molecule has 0 amide bonds. The second kappa shape index (κ2) is 8.67. The van der Waals surface area contributed by atoms with Gasteiger partial charge in [0.15, 0.2) is 23.9 Å². The van der Waals surface area contributed by atoms with Crippen LogP contribution in [-0.4, -0.2) is 46.4 Å². The Hall–Kier alpha value is -4.12. The van der Waals surface area contributed by atoms with E-state index in [0.717, 1.165) is 24.3 Å². The van der Waals surface area contributed by atoms with E-state index in [1.807, 2.05) is 0 Å². The molecule has 0 spiro atoms.